The Morgan fingerprint density at radius 3 is 2.95 bits per heavy atom. The van der Waals surface area contributed by atoms with Gasteiger partial charge >= 0.3 is 5.97 Å². The SMILES string of the molecule is CCOC(=O)[C@@H]1N=C(c2ccc(Cl)cc2O)O[C@@H]1C. The molecule has 1 aliphatic heterocycles. The number of aliphatic imine (C=N–C) groups is 1. The Labute approximate surface area is 115 Å². The number of carbonyl (C=O) groups excluding carboxylic acids is 1. The molecular weight excluding hydrogens is 270 g/mol. The normalized spacial score (nSPS) is 21.7. The highest BCUT2D eigenvalue weighted by atomic mass is 35.5. The van der Waals surface area contributed by atoms with E-state index in [2.05, 4.69) is 4.99 Å². The number of aromatic hydroxyl groups is 1. The number of halogens is 1. The maximum atomic E-state index is 11.7. The zero-order valence-electron chi connectivity index (χ0n) is 10.6. The second-order valence-electron chi connectivity index (χ2n) is 4.12. The number of carbonyl (C=O) groups is 1. The Morgan fingerprint density at radius 1 is 1.58 bits per heavy atom. The first kappa shape index (κ1) is 13.7. The lowest BCUT2D eigenvalue weighted by Crippen LogP contribution is -2.29. The summed E-state index contributed by atoms with van der Waals surface area (Å²) in [7, 11) is 0. The van der Waals surface area contributed by atoms with Crippen LogP contribution in [0.2, 0.25) is 5.02 Å². The van der Waals surface area contributed by atoms with Gasteiger partial charge in [0.2, 0.25) is 5.90 Å². The van der Waals surface area contributed by atoms with Crippen molar-refractivity contribution in [3.05, 3.63) is 28.8 Å². The predicted molar refractivity (Wildman–Crippen MR) is 70.6 cm³/mol. The zero-order valence-corrected chi connectivity index (χ0v) is 11.3. The molecule has 0 aromatic heterocycles. The summed E-state index contributed by atoms with van der Waals surface area (Å²) < 4.78 is 10.4. The number of hydrogen-bond donors (Lipinski definition) is 1. The molecule has 19 heavy (non-hydrogen) atoms. The highest BCUT2D eigenvalue weighted by Crippen LogP contribution is 2.27. The molecule has 5 nitrogen and oxygen atoms in total. The van der Waals surface area contributed by atoms with Crippen LogP contribution in [0.1, 0.15) is 19.4 Å². The number of ether oxygens (including phenoxy) is 2. The highest BCUT2D eigenvalue weighted by molar-refractivity contribution is 6.30. The average Bonchev–Trinajstić information content (AvgIpc) is 2.71. The molecule has 0 saturated heterocycles. The van der Waals surface area contributed by atoms with E-state index in [4.69, 9.17) is 21.1 Å². The smallest absolute Gasteiger partial charge is 0.334 e. The lowest BCUT2D eigenvalue weighted by molar-refractivity contribution is -0.145. The van der Waals surface area contributed by atoms with Gasteiger partial charge in [0, 0.05) is 5.02 Å². The number of hydrogen-bond acceptors (Lipinski definition) is 5. The van der Waals surface area contributed by atoms with E-state index in [0.717, 1.165) is 0 Å². The van der Waals surface area contributed by atoms with Gasteiger partial charge in [0.05, 0.1) is 12.2 Å². The molecule has 0 unspecified atom stereocenters. The summed E-state index contributed by atoms with van der Waals surface area (Å²) in [6.45, 7) is 3.75. The monoisotopic (exact) mass is 283 g/mol. The van der Waals surface area contributed by atoms with Crippen LogP contribution in [0.5, 0.6) is 5.75 Å². The largest absolute Gasteiger partial charge is 0.507 e. The fraction of sp³-hybridized carbons (Fsp3) is 0.385. The first-order valence-electron chi connectivity index (χ1n) is 5.93. The van der Waals surface area contributed by atoms with Crippen molar-refractivity contribution in [3.63, 3.8) is 0 Å². The van der Waals surface area contributed by atoms with Gasteiger partial charge in [-0.2, -0.15) is 0 Å². The Bertz CT molecular complexity index is 529. The van der Waals surface area contributed by atoms with E-state index in [9.17, 15) is 9.90 Å². The Balaban J connectivity index is 2.26. The third kappa shape index (κ3) is 2.81. The van der Waals surface area contributed by atoms with Crippen molar-refractivity contribution in [2.24, 2.45) is 4.99 Å². The van der Waals surface area contributed by atoms with Crippen molar-refractivity contribution in [2.75, 3.05) is 6.61 Å². The lowest BCUT2D eigenvalue weighted by Gasteiger charge is -2.11. The van der Waals surface area contributed by atoms with Crippen LogP contribution in [0.4, 0.5) is 0 Å². The summed E-state index contributed by atoms with van der Waals surface area (Å²) in [5.41, 5.74) is 0.406. The van der Waals surface area contributed by atoms with E-state index in [0.29, 0.717) is 17.2 Å². The highest BCUT2D eigenvalue weighted by Gasteiger charge is 2.35. The van der Waals surface area contributed by atoms with Crippen molar-refractivity contribution in [1.82, 2.24) is 0 Å². The Morgan fingerprint density at radius 2 is 2.32 bits per heavy atom. The third-order valence-corrected chi connectivity index (χ3v) is 2.95. The van der Waals surface area contributed by atoms with Gasteiger partial charge in [-0.25, -0.2) is 9.79 Å². The molecule has 0 spiro atoms. The number of phenols is 1. The van der Waals surface area contributed by atoms with Crippen molar-refractivity contribution >= 4 is 23.5 Å². The summed E-state index contributed by atoms with van der Waals surface area (Å²) in [5, 5.41) is 10.2. The van der Waals surface area contributed by atoms with Crippen LogP contribution < -0.4 is 0 Å². The number of esters is 1. The van der Waals surface area contributed by atoms with Crippen LogP contribution >= 0.6 is 11.6 Å². The van der Waals surface area contributed by atoms with E-state index in [-0.39, 0.29) is 11.6 Å². The molecule has 1 aromatic carbocycles. The van der Waals surface area contributed by atoms with Gasteiger partial charge in [0.25, 0.3) is 0 Å². The molecular formula is C13H14ClNO4. The molecule has 1 aliphatic rings. The summed E-state index contributed by atoms with van der Waals surface area (Å²) in [6, 6.07) is 3.90. The van der Waals surface area contributed by atoms with E-state index in [1.165, 1.54) is 6.07 Å². The second-order valence-corrected chi connectivity index (χ2v) is 4.55. The molecule has 1 aromatic rings. The minimum Gasteiger partial charge on any atom is -0.507 e. The maximum absolute atomic E-state index is 11.7. The topological polar surface area (TPSA) is 68.1 Å². The van der Waals surface area contributed by atoms with Crippen LogP contribution in [-0.2, 0) is 14.3 Å². The molecule has 2 atom stereocenters. The van der Waals surface area contributed by atoms with Crippen molar-refractivity contribution in [2.45, 2.75) is 26.0 Å². The summed E-state index contributed by atoms with van der Waals surface area (Å²) in [4.78, 5) is 15.8. The molecule has 2 rings (SSSR count). The first-order chi connectivity index (χ1) is 9.02. The van der Waals surface area contributed by atoms with E-state index in [1.807, 2.05) is 0 Å². The molecule has 0 radical (unpaired) electrons. The van der Waals surface area contributed by atoms with E-state index >= 15 is 0 Å². The summed E-state index contributed by atoms with van der Waals surface area (Å²) in [5.74, 6) is -0.249. The van der Waals surface area contributed by atoms with Gasteiger partial charge in [-0.05, 0) is 32.0 Å². The van der Waals surface area contributed by atoms with Crippen LogP contribution in [0, 0.1) is 0 Å². The van der Waals surface area contributed by atoms with Gasteiger partial charge in [-0.1, -0.05) is 11.6 Å². The average molecular weight is 284 g/mol. The van der Waals surface area contributed by atoms with Crippen molar-refractivity contribution in [3.8, 4) is 5.75 Å². The van der Waals surface area contributed by atoms with Crippen LogP contribution in [-0.4, -0.2) is 35.7 Å². The minimum absolute atomic E-state index is 0.0389. The minimum atomic E-state index is -0.704. The number of nitrogens with zero attached hydrogens (tertiary/aromatic N) is 1. The molecule has 0 saturated carbocycles. The fourth-order valence-corrected chi connectivity index (χ4v) is 1.96. The molecule has 0 bridgehead atoms. The van der Waals surface area contributed by atoms with Gasteiger partial charge in [0.15, 0.2) is 6.04 Å². The van der Waals surface area contributed by atoms with Gasteiger partial charge < -0.3 is 14.6 Å². The number of benzene rings is 1. The van der Waals surface area contributed by atoms with Crippen LogP contribution in [0.3, 0.4) is 0 Å². The van der Waals surface area contributed by atoms with Crippen molar-refractivity contribution < 1.29 is 19.4 Å². The fourth-order valence-electron chi connectivity index (χ4n) is 1.79. The molecule has 6 heteroatoms. The Hall–Kier alpha value is -1.75. The number of phenolic OH excluding ortho intramolecular Hbond substituents is 1. The molecule has 1 N–H and O–H groups in total. The van der Waals surface area contributed by atoms with Gasteiger partial charge in [-0.3, -0.25) is 0 Å². The lowest BCUT2D eigenvalue weighted by atomic mass is 10.2. The first-order valence-corrected chi connectivity index (χ1v) is 6.30. The van der Waals surface area contributed by atoms with E-state index in [1.54, 1.807) is 26.0 Å². The summed E-state index contributed by atoms with van der Waals surface area (Å²) >= 11 is 5.76. The van der Waals surface area contributed by atoms with E-state index < -0.39 is 18.1 Å². The van der Waals surface area contributed by atoms with Gasteiger partial charge in [-0.15, -0.1) is 0 Å². The zero-order chi connectivity index (χ0) is 14.0. The molecule has 0 fully saturated rings. The Kier molecular flexibility index (Phi) is 3.95. The molecule has 102 valence electrons. The second kappa shape index (κ2) is 5.48. The quantitative estimate of drug-likeness (QED) is 0.863. The van der Waals surface area contributed by atoms with Gasteiger partial charge in [0.1, 0.15) is 11.9 Å². The molecule has 1 heterocycles. The standard InChI is InChI=1S/C13H14ClNO4/c1-3-18-13(17)11-7(2)19-12(15-11)9-5-4-8(14)6-10(9)16/h4-7,11,16H,3H2,1-2H3/t7-,11-/m1/s1. The van der Waals surface area contributed by atoms with Crippen LogP contribution in [0.25, 0.3) is 0 Å². The van der Waals surface area contributed by atoms with Crippen LogP contribution in [0.15, 0.2) is 23.2 Å². The third-order valence-electron chi connectivity index (χ3n) is 2.72. The van der Waals surface area contributed by atoms with Crippen molar-refractivity contribution in [1.29, 1.82) is 0 Å². The number of rotatable bonds is 3. The molecule has 0 aliphatic carbocycles. The summed E-state index contributed by atoms with van der Waals surface area (Å²) in [6.07, 6.45) is -0.427. The predicted octanol–water partition coefficient (Wildman–Crippen LogP) is 2.14. The maximum Gasteiger partial charge on any atom is 0.334 e. The molecule has 0 amide bonds.